The second-order valence-electron chi connectivity index (χ2n) is 7.77. The van der Waals surface area contributed by atoms with Crippen molar-refractivity contribution in [1.29, 1.82) is 0 Å². The molecule has 0 atom stereocenters. The number of hydrogen-bond donors (Lipinski definition) is 1. The fourth-order valence-electron chi connectivity index (χ4n) is 4.08. The van der Waals surface area contributed by atoms with Crippen molar-refractivity contribution in [1.82, 2.24) is 10.2 Å². The van der Waals surface area contributed by atoms with Gasteiger partial charge >= 0.3 is 0 Å². The predicted octanol–water partition coefficient (Wildman–Crippen LogP) is 4.06. The van der Waals surface area contributed by atoms with E-state index in [1.54, 1.807) is 0 Å². The maximum Gasteiger partial charge on any atom is 0.00940 e. The van der Waals surface area contributed by atoms with E-state index in [9.17, 15) is 0 Å². The van der Waals surface area contributed by atoms with Crippen molar-refractivity contribution in [2.45, 2.75) is 84.7 Å². The quantitative estimate of drug-likeness (QED) is 0.817. The predicted molar refractivity (Wildman–Crippen MR) is 88.1 cm³/mol. The Labute approximate surface area is 126 Å². The van der Waals surface area contributed by atoms with Gasteiger partial charge in [0.25, 0.3) is 0 Å². The van der Waals surface area contributed by atoms with Crippen molar-refractivity contribution < 1.29 is 0 Å². The topological polar surface area (TPSA) is 15.3 Å². The summed E-state index contributed by atoms with van der Waals surface area (Å²) in [4.78, 5) is 2.58. The normalized spacial score (nSPS) is 30.6. The summed E-state index contributed by atoms with van der Waals surface area (Å²) < 4.78 is 0. The smallest absolute Gasteiger partial charge is 0.00940 e. The molecule has 20 heavy (non-hydrogen) atoms. The van der Waals surface area contributed by atoms with Gasteiger partial charge in [0, 0.05) is 12.1 Å². The summed E-state index contributed by atoms with van der Waals surface area (Å²) in [6.07, 6.45) is 9.72. The SMILES string of the molecule is CCN1CCC(NC2CCC(C(C)(C)CC)CC2)CC1. The van der Waals surface area contributed by atoms with Crippen LogP contribution < -0.4 is 5.32 Å². The minimum absolute atomic E-state index is 0.553. The van der Waals surface area contributed by atoms with Crippen molar-refractivity contribution in [2.75, 3.05) is 19.6 Å². The van der Waals surface area contributed by atoms with Crippen LogP contribution in [0.4, 0.5) is 0 Å². The molecule has 1 saturated carbocycles. The lowest BCUT2D eigenvalue weighted by Gasteiger charge is -2.41. The van der Waals surface area contributed by atoms with E-state index in [-0.39, 0.29) is 0 Å². The van der Waals surface area contributed by atoms with Gasteiger partial charge in [-0.3, -0.25) is 0 Å². The number of piperidine rings is 1. The molecule has 2 aliphatic rings. The lowest BCUT2D eigenvalue weighted by molar-refractivity contribution is 0.126. The highest BCUT2D eigenvalue weighted by Gasteiger charge is 2.32. The Morgan fingerprint density at radius 3 is 1.95 bits per heavy atom. The Kier molecular flexibility index (Phi) is 5.92. The van der Waals surface area contributed by atoms with E-state index in [0.717, 1.165) is 18.0 Å². The number of nitrogens with zero attached hydrogens (tertiary/aromatic N) is 1. The van der Waals surface area contributed by atoms with E-state index < -0.39 is 0 Å². The molecule has 0 aromatic heterocycles. The highest BCUT2D eigenvalue weighted by molar-refractivity contribution is 4.87. The molecule has 0 amide bonds. The lowest BCUT2D eigenvalue weighted by Crippen LogP contribution is -2.47. The molecule has 2 heteroatoms. The minimum Gasteiger partial charge on any atom is -0.311 e. The van der Waals surface area contributed by atoms with Crippen LogP contribution in [0.2, 0.25) is 0 Å². The Morgan fingerprint density at radius 1 is 0.900 bits per heavy atom. The molecule has 2 nitrogen and oxygen atoms in total. The first kappa shape index (κ1) is 16.3. The molecule has 1 N–H and O–H groups in total. The minimum atomic E-state index is 0.553. The van der Waals surface area contributed by atoms with E-state index in [1.165, 1.54) is 64.6 Å². The summed E-state index contributed by atoms with van der Waals surface area (Å²) in [6, 6.07) is 1.59. The van der Waals surface area contributed by atoms with Crippen LogP contribution in [0.1, 0.15) is 72.6 Å². The molecule has 0 aromatic carbocycles. The second kappa shape index (κ2) is 7.26. The number of rotatable bonds is 5. The number of nitrogens with one attached hydrogen (secondary N) is 1. The van der Waals surface area contributed by atoms with Gasteiger partial charge in [-0.25, -0.2) is 0 Å². The maximum absolute atomic E-state index is 3.97. The van der Waals surface area contributed by atoms with Crippen LogP contribution in [0.25, 0.3) is 0 Å². The second-order valence-corrected chi connectivity index (χ2v) is 7.77. The van der Waals surface area contributed by atoms with Crippen LogP contribution in [0, 0.1) is 11.3 Å². The molecular formula is C18H36N2. The van der Waals surface area contributed by atoms with Crippen molar-refractivity contribution in [2.24, 2.45) is 11.3 Å². The third-order valence-electron chi connectivity index (χ3n) is 6.25. The van der Waals surface area contributed by atoms with Crippen LogP contribution in [0.15, 0.2) is 0 Å². The first-order valence-electron chi connectivity index (χ1n) is 9.03. The third kappa shape index (κ3) is 4.21. The molecule has 118 valence electrons. The summed E-state index contributed by atoms with van der Waals surface area (Å²) >= 11 is 0. The maximum atomic E-state index is 3.97. The zero-order valence-corrected chi connectivity index (χ0v) is 14.3. The van der Waals surface area contributed by atoms with Gasteiger partial charge in [-0.05, 0) is 69.5 Å². The van der Waals surface area contributed by atoms with E-state index >= 15 is 0 Å². The summed E-state index contributed by atoms with van der Waals surface area (Å²) in [5.74, 6) is 0.951. The van der Waals surface area contributed by atoms with Gasteiger partial charge in [0.1, 0.15) is 0 Å². The van der Waals surface area contributed by atoms with E-state index in [4.69, 9.17) is 0 Å². The highest BCUT2D eigenvalue weighted by Crippen LogP contribution is 2.40. The van der Waals surface area contributed by atoms with Gasteiger partial charge in [-0.1, -0.05) is 34.1 Å². The largest absolute Gasteiger partial charge is 0.311 e. The van der Waals surface area contributed by atoms with Crippen LogP contribution in [-0.2, 0) is 0 Å². The fourth-order valence-corrected chi connectivity index (χ4v) is 4.08. The monoisotopic (exact) mass is 280 g/mol. The Bertz CT molecular complexity index is 271. The summed E-state index contributed by atoms with van der Waals surface area (Å²) in [6.45, 7) is 13.4. The van der Waals surface area contributed by atoms with Crippen LogP contribution >= 0.6 is 0 Å². The lowest BCUT2D eigenvalue weighted by atomic mass is 9.69. The summed E-state index contributed by atoms with van der Waals surface area (Å²) in [5, 5.41) is 3.97. The average Bonchev–Trinajstić information content (AvgIpc) is 2.48. The van der Waals surface area contributed by atoms with Gasteiger partial charge in [-0.15, -0.1) is 0 Å². The third-order valence-corrected chi connectivity index (χ3v) is 6.25. The van der Waals surface area contributed by atoms with Gasteiger partial charge in [0.2, 0.25) is 0 Å². The molecule has 0 spiro atoms. The van der Waals surface area contributed by atoms with Crippen molar-refractivity contribution in [3.63, 3.8) is 0 Å². The van der Waals surface area contributed by atoms with Gasteiger partial charge in [0.05, 0.1) is 0 Å². The van der Waals surface area contributed by atoms with Crippen molar-refractivity contribution >= 4 is 0 Å². The molecule has 0 aromatic rings. The standard InChI is InChI=1S/C18H36N2/c1-5-18(3,4)15-7-9-16(10-8-15)19-17-11-13-20(6-2)14-12-17/h15-17,19H,5-14H2,1-4H3. The first-order chi connectivity index (χ1) is 9.55. The average molecular weight is 280 g/mol. The van der Waals surface area contributed by atoms with E-state index in [1.807, 2.05) is 0 Å². The molecule has 1 aliphatic carbocycles. The molecule has 1 aliphatic heterocycles. The zero-order valence-electron chi connectivity index (χ0n) is 14.3. The molecule has 2 rings (SSSR count). The summed E-state index contributed by atoms with van der Waals surface area (Å²) in [7, 11) is 0. The van der Waals surface area contributed by atoms with Crippen LogP contribution in [-0.4, -0.2) is 36.6 Å². The van der Waals surface area contributed by atoms with Crippen molar-refractivity contribution in [3.8, 4) is 0 Å². The molecule has 0 unspecified atom stereocenters. The van der Waals surface area contributed by atoms with Crippen LogP contribution in [0.3, 0.4) is 0 Å². The fraction of sp³-hybridized carbons (Fsp3) is 1.00. The van der Waals surface area contributed by atoms with Crippen molar-refractivity contribution in [3.05, 3.63) is 0 Å². The van der Waals surface area contributed by atoms with Gasteiger partial charge in [0.15, 0.2) is 0 Å². The first-order valence-corrected chi connectivity index (χ1v) is 9.03. The van der Waals surface area contributed by atoms with E-state index in [2.05, 4.69) is 37.9 Å². The zero-order chi connectivity index (χ0) is 14.6. The number of hydrogen-bond acceptors (Lipinski definition) is 2. The van der Waals surface area contributed by atoms with Gasteiger partial charge in [-0.2, -0.15) is 0 Å². The Balaban J connectivity index is 1.70. The van der Waals surface area contributed by atoms with Crippen LogP contribution in [0.5, 0.6) is 0 Å². The molecular weight excluding hydrogens is 244 g/mol. The molecule has 1 heterocycles. The molecule has 0 radical (unpaired) electrons. The molecule has 1 saturated heterocycles. The van der Waals surface area contributed by atoms with E-state index in [0.29, 0.717) is 5.41 Å². The van der Waals surface area contributed by atoms with Gasteiger partial charge < -0.3 is 10.2 Å². The number of likely N-dealkylation sites (tertiary alicyclic amines) is 1. The molecule has 0 bridgehead atoms. The highest BCUT2D eigenvalue weighted by atomic mass is 15.1. The Hall–Kier alpha value is -0.0800. The Morgan fingerprint density at radius 2 is 1.45 bits per heavy atom. The molecule has 2 fully saturated rings. The summed E-state index contributed by atoms with van der Waals surface area (Å²) in [5.41, 5.74) is 0.553.